The van der Waals surface area contributed by atoms with Crippen LogP contribution >= 0.6 is 0 Å². The van der Waals surface area contributed by atoms with Gasteiger partial charge in [-0.3, -0.25) is 0 Å². The maximum Gasteiger partial charge on any atom is 0.164 e. The molecule has 0 N–H and O–H groups in total. The Balaban J connectivity index is 0.904. The minimum absolute atomic E-state index is 0.485. The van der Waals surface area contributed by atoms with E-state index in [9.17, 15) is 0 Å². The maximum atomic E-state index is 5.30. The second kappa shape index (κ2) is 26.8. The summed E-state index contributed by atoms with van der Waals surface area (Å²) in [5.41, 5.74) is 15.0. The highest BCUT2D eigenvalue weighted by molar-refractivity contribution is 5.85. The Morgan fingerprint density at radius 3 is 0.475 bits per heavy atom. The van der Waals surface area contributed by atoms with Crippen molar-refractivity contribution >= 4 is 0 Å². The van der Waals surface area contributed by atoms with Crippen LogP contribution in [0, 0.1) is 0 Å². The quantitative estimate of drug-likeness (QED) is 0.0904. The summed E-state index contributed by atoms with van der Waals surface area (Å²) in [4.78, 5) is 62.8. The molecular weight excluding hydrogens is 1210 g/mol. The van der Waals surface area contributed by atoms with Crippen molar-refractivity contribution in [3.63, 3.8) is 0 Å². The lowest BCUT2D eigenvalue weighted by atomic mass is 9.72. The topological polar surface area (TPSA) is 155 Å². The zero-order chi connectivity index (χ0) is 66.5. The molecule has 12 nitrogen and oxygen atoms in total. The molecule has 0 aliphatic carbocycles. The minimum atomic E-state index is -0.704. The van der Waals surface area contributed by atoms with E-state index in [0.29, 0.717) is 69.9 Å². The third-order valence-electron chi connectivity index (χ3n) is 17.5. The van der Waals surface area contributed by atoms with Crippen LogP contribution < -0.4 is 0 Å². The van der Waals surface area contributed by atoms with E-state index < -0.39 is 5.41 Å². The molecule has 468 valence electrons. The van der Waals surface area contributed by atoms with Crippen molar-refractivity contribution in [2.24, 2.45) is 0 Å². The van der Waals surface area contributed by atoms with Gasteiger partial charge >= 0.3 is 0 Å². The molecule has 0 radical (unpaired) electrons. The highest BCUT2D eigenvalue weighted by Crippen LogP contribution is 2.45. The van der Waals surface area contributed by atoms with Crippen LogP contribution in [-0.2, 0) is 5.41 Å². The van der Waals surface area contributed by atoms with Gasteiger partial charge in [-0.25, -0.2) is 59.8 Å². The van der Waals surface area contributed by atoms with Gasteiger partial charge in [-0.15, -0.1) is 0 Å². The molecule has 0 bridgehead atoms. The minimum Gasteiger partial charge on any atom is -0.208 e. The summed E-state index contributed by atoms with van der Waals surface area (Å²) >= 11 is 0. The first-order chi connectivity index (χ1) is 48.8. The molecule has 0 saturated heterocycles. The summed E-state index contributed by atoms with van der Waals surface area (Å²) < 4.78 is 0. The van der Waals surface area contributed by atoms with Crippen molar-refractivity contribution in [2.45, 2.75) is 19.3 Å². The van der Waals surface area contributed by atoms with E-state index in [1.165, 1.54) is 0 Å². The number of aromatic nitrogens is 12. The Kier molecular flexibility index (Phi) is 16.4. The summed E-state index contributed by atoms with van der Waals surface area (Å²) in [6.07, 6.45) is 0. The summed E-state index contributed by atoms with van der Waals surface area (Å²) in [5.74, 6) is 6.29. The molecule has 0 amide bonds. The largest absolute Gasteiger partial charge is 0.208 e. The molecule has 12 aromatic carbocycles. The maximum absolute atomic E-state index is 5.30. The van der Waals surface area contributed by atoms with Crippen molar-refractivity contribution in [3.8, 4) is 159 Å². The van der Waals surface area contributed by atoms with Crippen LogP contribution in [-0.4, -0.2) is 59.8 Å². The van der Waals surface area contributed by atoms with Crippen LogP contribution in [0.25, 0.3) is 159 Å². The number of nitrogens with zero attached hydrogens (tertiary/aromatic N) is 12. The van der Waals surface area contributed by atoms with Crippen LogP contribution in [0.1, 0.15) is 25.0 Å². The standard InChI is InChI=1S/C87H60N12/c1-87(2,73-49-29-27-47-71(73)65-51-67(83-92-75(57-31-11-3-12-32-57)88-76(93-83)58-33-13-4-14-34-58)55-68(52-65)84-94-77(59-35-15-5-16-36-59)89-78(95-84)60-37-17-6-18-38-60)74-50-30-28-48-72(74)66-53-69(85-96-79(61-39-19-7-20-40-61)90-80(97-85)62-41-21-8-22-42-62)56-70(54-66)86-98-81(63-43-23-9-24-44-63)91-82(99-86)64-45-25-10-26-46-64/h3-56H,1-2H3. The van der Waals surface area contributed by atoms with E-state index in [1.807, 2.05) is 243 Å². The predicted molar refractivity (Wildman–Crippen MR) is 395 cm³/mol. The first kappa shape index (κ1) is 60.6. The van der Waals surface area contributed by atoms with Crippen LogP contribution in [0.2, 0.25) is 0 Å². The summed E-state index contributed by atoms with van der Waals surface area (Å²) in [5, 5.41) is 0. The zero-order valence-electron chi connectivity index (χ0n) is 54.0. The molecule has 0 fully saturated rings. The van der Waals surface area contributed by atoms with Gasteiger partial charge in [0, 0.05) is 72.2 Å². The third kappa shape index (κ3) is 12.8. The normalized spacial score (nSPS) is 11.3. The summed E-state index contributed by atoms with van der Waals surface area (Å²) in [6.45, 7) is 4.59. The van der Waals surface area contributed by atoms with E-state index in [1.54, 1.807) is 0 Å². The van der Waals surface area contributed by atoms with Crippen LogP contribution in [0.3, 0.4) is 0 Å². The highest BCUT2D eigenvalue weighted by atomic mass is 15.1. The number of rotatable bonds is 16. The molecule has 12 heteroatoms. The number of benzene rings is 12. The Morgan fingerprint density at radius 2 is 0.293 bits per heavy atom. The summed E-state index contributed by atoms with van der Waals surface area (Å²) in [6, 6.07) is 111. The second-order valence-electron chi connectivity index (χ2n) is 24.5. The second-order valence-corrected chi connectivity index (χ2v) is 24.5. The van der Waals surface area contributed by atoms with Crippen molar-refractivity contribution in [1.82, 2.24) is 59.8 Å². The number of hydrogen-bond donors (Lipinski definition) is 0. The lowest BCUT2D eigenvalue weighted by Gasteiger charge is -2.31. The molecule has 0 spiro atoms. The average molecular weight is 1270 g/mol. The van der Waals surface area contributed by atoms with Crippen molar-refractivity contribution in [3.05, 3.63) is 339 Å². The molecule has 99 heavy (non-hydrogen) atoms. The van der Waals surface area contributed by atoms with E-state index in [0.717, 1.165) is 100 Å². The lowest BCUT2D eigenvalue weighted by molar-refractivity contribution is 0.644. The molecule has 0 saturated carbocycles. The van der Waals surface area contributed by atoms with Crippen molar-refractivity contribution in [2.75, 3.05) is 0 Å². The smallest absolute Gasteiger partial charge is 0.164 e. The molecular formula is C87H60N12. The molecule has 0 aliphatic heterocycles. The van der Waals surface area contributed by atoms with Crippen molar-refractivity contribution < 1.29 is 0 Å². The van der Waals surface area contributed by atoms with Crippen molar-refractivity contribution in [1.29, 1.82) is 0 Å². The first-order valence-electron chi connectivity index (χ1n) is 32.8. The molecule has 0 unspecified atom stereocenters. The van der Waals surface area contributed by atoms with Gasteiger partial charge in [-0.1, -0.05) is 305 Å². The molecule has 0 atom stereocenters. The van der Waals surface area contributed by atoms with Crippen LogP contribution in [0.15, 0.2) is 328 Å². The van der Waals surface area contributed by atoms with Gasteiger partial charge in [0.25, 0.3) is 0 Å². The average Bonchev–Trinajstić information content (AvgIpc) is 0.802. The van der Waals surface area contributed by atoms with Crippen LogP contribution in [0.4, 0.5) is 0 Å². The molecule has 16 aromatic rings. The van der Waals surface area contributed by atoms with Gasteiger partial charge in [0.2, 0.25) is 0 Å². The Morgan fingerprint density at radius 1 is 0.152 bits per heavy atom. The van der Waals surface area contributed by atoms with Gasteiger partial charge in [0.15, 0.2) is 69.9 Å². The van der Waals surface area contributed by atoms with E-state index in [-0.39, 0.29) is 0 Å². The SMILES string of the molecule is CC(C)(c1ccccc1-c1cc(-c2nc(-c3ccccc3)nc(-c3ccccc3)n2)cc(-c2nc(-c3ccccc3)nc(-c3ccccc3)n2)c1)c1ccccc1-c1cc(-c2nc(-c3ccccc3)nc(-c3ccccc3)n2)cc(-c2nc(-c3ccccc3)nc(-c3ccccc3)n2)c1. The van der Waals surface area contributed by atoms with Gasteiger partial charge in [0.1, 0.15) is 0 Å². The van der Waals surface area contributed by atoms with Crippen LogP contribution in [0.5, 0.6) is 0 Å². The third-order valence-corrected chi connectivity index (χ3v) is 17.5. The fraction of sp³-hybridized carbons (Fsp3) is 0.0345. The van der Waals surface area contributed by atoms with E-state index in [2.05, 4.69) is 98.8 Å². The lowest BCUT2D eigenvalue weighted by Crippen LogP contribution is -2.21. The van der Waals surface area contributed by atoms with Gasteiger partial charge < -0.3 is 0 Å². The highest BCUT2D eigenvalue weighted by Gasteiger charge is 2.31. The Bertz CT molecular complexity index is 4690. The zero-order valence-corrected chi connectivity index (χ0v) is 54.0. The fourth-order valence-electron chi connectivity index (χ4n) is 12.5. The van der Waals surface area contributed by atoms with E-state index >= 15 is 0 Å². The Hall–Kier alpha value is -13.3. The Labute approximate surface area is 573 Å². The molecule has 0 aliphatic rings. The molecule has 4 aromatic heterocycles. The number of hydrogen-bond acceptors (Lipinski definition) is 12. The first-order valence-corrected chi connectivity index (χ1v) is 32.8. The van der Waals surface area contributed by atoms with Gasteiger partial charge in [-0.2, -0.15) is 0 Å². The van der Waals surface area contributed by atoms with E-state index in [4.69, 9.17) is 59.8 Å². The van der Waals surface area contributed by atoms with Gasteiger partial charge in [-0.05, 0) is 69.8 Å². The van der Waals surface area contributed by atoms with Gasteiger partial charge in [0.05, 0.1) is 0 Å². The fourth-order valence-corrected chi connectivity index (χ4v) is 12.5. The molecule has 4 heterocycles. The predicted octanol–water partition coefficient (Wildman–Crippen LogP) is 20.1. The molecule has 16 rings (SSSR count). The monoisotopic (exact) mass is 1270 g/mol. The summed E-state index contributed by atoms with van der Waals surface area (Å²) in [7, 11) is 0.